The zero-order valence-corrected chi connectivity index (χ0v) is 16.8. The van der Waals surface area contributed by atoms with E-state index in [4.69, 9.17) is 0 Å². The summed E-state index contributed by atoms with van der Waals surface area (Å²) in [6.45, 7) is 3.82. The van der Waals surface area contributed by atoms with E-state index in [9.17, 15) is 9.59 Å². The molecule has 1 aromatic carbocycles. The third-order valence-electron chi connectivity index (χ3n) is 5.92. The first-order chi connectivity index (χ1) is 14.2. The lowest BCUT2D eigenvalue weighted by Crippen LogP contribution is -2.48. The molecular formula is C22H29N5O2. The van der Waals surface area contributed by atoms with Crippen molar-refractivity contribution in [3.63, 3.8) is 0 Å². The van der Waals surface area contributed by atoms with Crippen LogP contribution in [0.25, 0.3) is 0 Å². The van der Waals surface area contributed by atoms with Crippen LogP contribution in [0.2, 0.25) is 0 Å². The molecule has 2 heterocycles. The summed E-state index contributed by atoms with van der Waals surface area (Å²) < 4.78 is 0. The van der Waals surface area contributed by atoms with E-state index in [1.165, 1.54) is 18.3 Å². The number of nitrogens with one attached hydrogen (secondary N) is 2. The monoisotopic (exact) mass is 395 g/mol. The average molecular weight is 396 g/mol. The number of amides is 2. The Morgan fingerprint density at radius 1 is 1.03 bits per heavy atom. The van der Waals surface area contributed by atoms with Crippen molar-refractivity contribution in [2.45, 2.75) is 44.7 Å². The van der Waals surface area contributed by atoms with Crippen molar-refractivity contribution in [1.82, 2.24) is 25.1 Å². The molecule has 0 spiro atoms. The minimum absolute atomic E-state index is 0.143. The molecule has 0 bridgehead atoms. The predicted molar refractivity (Wildman–Crippen MR) is 111 cm³/mol. The Morgan fingerprint density at radius 2 is 1.76 bits per heavy atom. The van der Waals surface area contributed by atoms with Crippen molar-refractivity contribution >= 4 is 11.8 Å². The number of rotatable bonds is 5. The highest BCUT2D eigenvalue weighted by atomic mass is 16.2. The van der Waals surface area contributed by atoms with Crippen molar-refractivity contribution < 1.29 is 9.59 Å². The molecule has 0 unspecified atom stereocenters. The molecule has 2 fully saturated rings. The molecule has 2 amide bonds. The first-order valence-corrected chi connectivity index (χ1v) is 10.6. The fourth-order valence-corrected chi connectivity index (χ4v) is 4.24. The fraction of sp³-hybridized carbons (Fsp3) is 0.500. The first-order valence-electron chi connectivity index (χ1n) is 10.6. The van der Waals surface area contributed by atoms with Crippen LogP contribution in [0.1, 0.15) is 58.6 Å². The number of benzene rings is 1. The molecule has 29 heavy (non-hydrogen) atoms. The molecule has 1 aromatic heterocycles. The van der Waals surface area contributed by atoms with Gasteiger partial charge in [0.15, 0.2) is 5.69 Å². The van der Waals surface area contributed by atoms with Crippen molar-refractivity contribution in [1.29, 1.82) is 0 Å². The Morgan fingerprint density at radius 3 is 2.48 bits per heavy atom. The minimum atomic E-state index is -0.246. The minimum Gasteiger partial charge on any atom is -0.348 e. The highest BCUT2D eigenvalue weighted by Crippen LogP contribution is 2.18. The van der Waals surface area contributed by atoms with E-state index in [2.05, 4.69) is 32.3 Å². The molecule has 0 radical (unpaired) electrons. The van der Waals surface area contributed by atoms with E-state index in [0.717, 1.165) is 45.3 Å². The average Bonchev–Trinajstić information content (AvgIpc) is 3.25. The second-order valence-electron chi connectivity index (χ2n) is 7.99. The molecule has 4 rings (SSSR count). The molecule has 1 saturated heterocycles. The predicted octanol–water partition coefficient (Wildman–Crippen LogP) is 2.43. The lowest BCUT2D eigenvalue weighted by molar-refractivity contribution is 0.0618. The van der Waals surface area contributed by atoms with Gasteiger partial charge in [0.1, 0.15) is 5.69 Å². The lowest BCUT2D eigenvalue weighted by Gasteiger charge is -2.34. The molecule has 2 N–H and O–H groups in total. The van der Waals surface area contributed by atoms with Crippen molar-refractivity contribution in [3.05, 3.63) is 53.6 Å². The molecule has 7 heteroatoms. The third-order valence-corrected chi connectivity index (χ3v) is 5.92. The van der Waals surface area contributed by atoms with Gasteiger partial charge in [-0.3, -0.25) is 14.5 Å². The maximum absolute atomic E-state index is 13.0. The van der Waals surface area contributed by atoms with Gasteiger partial charge in [-0.2, -0.15) is 0 Å². The van der Waals surface area contributed by atoms with Crippen molar-refractivity contribution in [3.8, 4) is 0 Å². The van der Waals surface area contributed by atoms with Crippen LogP contribution < -0.4 is 5.32 Å². The summed E-state index contributed by atoms with van der Waals surface area (Å²) in [5.74, 6) is -0.389. The molecule has 1 aliphatic carbocycles. The second kappa shape index (κ2) is 9.22. The summed E-state index contributed by atoms with van der Waals surface area (Å²) in [4.78, 5) is 36.9. The number of piperazine rings is 1. The Balaban J connectivity index is 1.33. The van der Waals surface area contributed by atoms with Crippen molar-refractivity contribution in [2.75, 3.05) is 26.2 Å². The summed E-state index contributed by atoms with van der Waals surface area (Å²) >= 11 is 0. The largest absolute Gasteiger partial charge is 0.348 e. The maximum Gasteiger partial charge on any atom is 0.272 e. The Labute approximate surface area is 171 Å². The van der Waals surface area contributed by atoms with Crippen LogP contribution in [0.5, 0.6) is 0 Å². The molecule has 1 aliphatic heterocycles. The van der Waals surface area contributed by atoms with E-state index in [-0.39, 0.29) is 23.6 Å². The molecular weight excluding hydrogens is 366 g/mol. The second-order valence-corrected chi connectivity index (χ2v) is 7.99. The molecule has 2 aliphatic rings. The van der Waals surface area contributed by atoms with E-state index in [1.54, 1.807) is 0 Å². The standard InChI is InChI=1S/C22H29N5O2/c28-21(25-18-9-5-2-6-10-18)19-20(24-16-23-19)22(29)27-13-11-26(12-14-27)15-17-7-3-1-4-8-17/h1,3-4,7-8,16,18H,2,5-6,9-15H2,(H,23,24)(H,25,28). The van der Waals surface area contributed by atoms with E-state index in [1.807, 2.05) is 23.1 Å². The molecule has 2 aromatic rings. The number of hydrogen-bond acceptors (Lipinski definition) is 4. The zero-order valence-electron chi connectivity index (χ0n) is 16.8. The number of carbonyl (C=O) groups excluding carboxylic acids is 2. The van der Waals surface area contributed by atoms with Crippen LogP contribution in [-0.2, 0) is 6.54 Å². The van der Waals surface area contributed by atoms with Gasteiger partial charge in [-0.1, -0.05) is 49.6 Å². The van der Waals surface area contributed by atoms with Gasteiger partial charge in [0.25, 0.3) is 11.8 Å². The van der Waals surface area contributed by atoms with Crippen LogP contribution in [0.3, 0.4) is 0 Å². The van der Waals surface area contributed by atoms with Crippen LogP contribution in [0.15, 0.2) is 36.7 Å². The quantitative estimate of drug-likeness (QED) is 0.815. The number of imidazole rings is 1. The summed E-state index contributed by atoms with van der Waals surface area (Å²) in [6.07, 6.45) is 6.96. The lowest BCUT2D eigenvalue weighted by atomic mass is 9.95. The van der Waals surface area contributed by atoms with E-state index >= 15 is 0 Å². The van der Waals surface area contributed by atoms with Gasteiger partial charge < -0.3 is 15.2 Å². The summed E-state index contributed by atoms with van der Waals surface area (Å²) in [6, 6.07) is 10.6. The summed E-state index contributed by atoms with van der Waals surface area (Å²) in [5.41, 5.74) is 1.80. The summed E-state index contributed by atoms with van der Waals surface area (Å²) in [5, 5.41) is 3.05. The van der Waals surface area contributed by atoms with Gasteiger partial charge >= 0.3 is 0 Å². The highest BCUT2D eigenvalue weighted by molar-refractivity contribution is 6.04. The fourth-order valence-electron chi connectivity index (χ4n) is 4.24. The summed E-state index contributed by atoms with van der Waals surface area (Å²) in [7, 11) is 0. The Hall–Kier alpha value is -2.67. The van der Waals surface area contributed by atoms with Crippen LogP contribution in [0.4, 0.5) is 0 Å². The van der Waals surface area contributed by atoms with Crippen molar-refractivity contribution in [2.24, 2.45) is 0 Å². The van der Waals surface area contributed by atoms with Gasteiger partial charge in [-0.15, -0.1) is 0 Å². The zero-order chi connectivity index (χ0) is 20.1. The number of H-pyrrole nitrogens is 1. The van der Waals surface area contributed by atoms with Gasteiger partial charge in [0.05, 0.1) is 6.33 Å². The Kier molecular flexibility index (Phi) is 6.24. The number of aromatic amines is 1. The Bertz CT molecular complexity index is 821. The molecule has 7 nitrogen and oxygen atoms in total. The molecule has 0 atom stereocenters. The number of carbonyl (C=O) groups is 2. The van der Waals surface area contributed by atoms with Gasteiger partial charge in [-0.05, 0) is 18.4 Å². The molecule has 1 saturated carbocycles. The van der Waals surface area contributed by atoms with Crippen LogP contribution >= 0.6 is 0 Å². The SMILES string of the molecule is O=C(NC1CCCCC1)c1nc[nH]c1C(=O)N1CCN(Cc2ccccc2)CC1. The van der Waals surface area contributed by atoms with Crippen LogP contribution in [-0.4, -0.2) is 63.8 Å². The topological polar surface area (TPSA) is 81.3 Å². The normalized spacial score (nSPS) is 18.6. The highest BCUT2D eigenvalue weighted by Gasteiger charge is 2.28. The van der Waals surface area contributed by atoms with Gasteiger partial charge in [0, 0.05) is 38.8 Å². The third kappa shape index (κ3) is 4.85. The number of aromatic nitrogens is 2. The van der Waals surface area contributed by atoms with E-state index in [0.29, 0.717) is 18.8 Å². The maximum atomic E-state index is 13.0. The van der Waals surface area contributed by atoms with E-state index < -0.39 is 0 Å². The smallest absolute Gasteiger partial charge is 0.272 e. The molecule has 154 valence electrons. The first kappa shape index (κ1) is 19.6. The van der Waals surface area contributed by atoms with Gasteiger partial charge in [0.2, 0.25) is 0 Å². The number of hydrogen-bond donors (Lipinski definition) is 2. The number of nitrogens with zero attached hydrogens (tertiary/aromatic N) is 3. The van der Waals surface area contributed by atoms with Gasteiger partial charge in [-0.25, -0.2) is 4.98 Å². The van der Waals surface area contributed by atoms with Crippen LogP contribution in [0, 0.1) is 0 Å².